The molecule has 0 unspecified atom stereocenters. The molecule has 1 amide bonds. The molecule has 6 heteroatoms. The van der Waals surface area contributed by atoms with Gasteiger partial charge in [0.1, 0.15) is 5.69 Å². The molecule has 0 spiro atoms. The predicted molar refractivity (Wildman–Crippen MR) is 101 cm³/mol. The lowest BCUT2D eigenvalue weighted by atomic mass is 10.0. The van der Waals surface area contributed by atoms with Crippen LogP contribution in [0.3, 0.4) is 0 Å². The van der Waals surface area contributed by atoms with E-state index in [1.165, 1.54) is 11.6 Å². The molecule has 0 radical (unpaired) electrons. The molecule has 1 atom stereocenters. The molecule has 6 nitrogen and oxygen atoms in total. The average Bonchev–Trinajstić information content (AvgIpc) is 3.07. The minimum Gasteiger partial charge on any atom is -0.319 e. The Morgan fingerprint density at radius 1 is 1.23 bits per heavy atom. The van der Waals surface area contributed by atoms with Gasteiger partial charge >= 0.3 is 0 Å². The van der Waals surface area contributed by atoms with Crippen molar-refractivity contribution in [1.82, 2.24) is 4.90 Å². The molecule has 0 aromatic heterocycles. The maximum atomic E-state index is 12.6. The van der Waals surface area contributed by atoms with Crippen LogP contribution in [0, 0.1) is 24.0 Å². The smallest absolute Gasteiger partial charge is 0.293 e. The summed E-state index contributed by atoms with van der Waals surface area (Å²) < 4.78 is 0. The fraction of sp³-hybridized carbons (Fsp3) is 0.350. The van der Waals surface area contributed by atoms with E-state index >= 15 is 0 Å². The van der Waals surface area contributed by atoms with Crippen molar-refractivity contribution in [1.29, 1.82) is 0 Å². The predicted octanol–water partition coefficient (Wildman–Crippen LogP) is 3.99. The Balaban J connectivity index is 1.75. The van der Waals surface area contributed by atoms with Gasteiger partial charge in [-0.05, 0) is 49.9 Å². The van der Waals surface area contributed by atoms with Gasteiger partial charge in [-0.25, -0.2) is 0 Å². The first-order valence-corrected chi connectivity index (χ1v) is 8.81. The molecular weight excluding hydrogens is 330 g/mol. The Morgan fingerprint density at radius 2 is 1.96 bits per heavy atom. The lowest BCUT2D eigenvalue weighted by Gasteiger charge is -2.24. The van der Waals surface area contributed by atoms with Gasteiger partial charge in [-0.1, -0.05) is 36.4 Å². The Hall–Kier alpha value is -2.73. The fourth-order valence-electron chi connectivity index (χ4n) is 3.54. The van der Waals surface area contributed by atoms with Crippen molar-refractivity contribution >= 4 is 17.3 Å². The number of anilines is 1. The Morgan fingerprint density at radius 3 is 2.65 bits per heavy atom. The second-order valence-electron chi connectivity index (χ2n) is 6.75. The highest BCUT2D eigenvalue weighted by atomic mass is 16.6. The van der Waals surface area contributed by atoms with Crippen molar-refractivity contribution < 1.29 is 9.72 Å². The number of aryl methyl sites for hydroxylation is 1. The third-order valence-corrected chi connectivity index (χ3v) is 5.07. The molecule has 136 valence electrons. The fourth-order valence-corrected chi connectivity index (χ4v) is 3.54. The van der Waals surface area contributed by atoms with Crippen molar-refractivity contribution in [2.45, 2.75) is 32.7 Å². The third-order valence-electron chi connectivity index (χ3n) is 5.07. The number of likely N-dealkylation sites (tertiary alicyclic amines) is 1. The molecule has 1 N–H and O–H groups in total. The van der Waals surface area contributed by atoms with E-state index in [1.54, 1.807) is 13.0 Å². The monoisotopic (exact) mass is 353 g/mol. The van der Waals surface area contributed by atoms with Gasteiger partial charge in [0.15, 0.2) is 0 Å². The highest BCUT2D eigenvalue weighted by molar-refractivity contribution is 5.95. The van der Waals surface area contributed by atoms with Gasteiger partial charge in [0, 0.05) is 12.1 Å². The first-order chi connectivity index (χ1) is 12.5. The molecule has 0 saturated carbocycles. The van der Waals surface area contributed by atoms with E-state index in [0.29, 0.717) is 5.69 Å². The SMILES string of the molecule is Cc1ccc([N+](=O)[O-])c(NC(=O)CN2CCC[C@@H]2c2ccccc2)c1C. The number of nitro groups is 1. The topological polar surface area (TPSA) is 75.5 Å². The van der Waals surface area contributed by atoms with Gasteiger partial charge in [-0.15, -0.1) is 0 Å². The highest BCUT2D eigenvalue weighted by Gasteiger charge is 2.28. The summed E-state index contributed by atoms with van der Waals surface area (Å²) in [4.78, 5) is 25.6. The van der Waals surface area contributed by atoms with Crippen LogP contribution < -0.4 is 5.32 Å². The summed E-state index contributed by atoms with van der Waals surface area (Å²) in [6.07, 6.45) is 2.05. The number of carbonyl (C=O) groups is 1. The van der Waals surface area contributed by atoms with Crippen LogP contribution >= 0.6 is 0 Å². The van der Waals surface area contributed by atoms with Crippen LogP contribution in [0.2, 0.25) is 0 Å². The zero-order chi connectivity index (χ0) is 18.7. The van der Waals surface area contributed by atoms with Crippen LogP contribution in [0.15, 0.2) is 42.5 Å². The van der Waals surface area contributed by atoms with Crippen LogP contribution in [-0.4, -0.2) is 28.8 Å². The van der Waals surface area contributed by atoms with Crippen LogP contribution in [0.1, 0.15) is 35.6 Å². The first-order valence-electron chi connectivity index (χ1n) is 8.81. The number of amides is 1. The molecule has 1 heterocycles. The Kier molecular flexibility index (Phi) is 5.32. The van der Waals surface area contributed by atoms with Crippen molar-refractivity contribution in [2.24, 2.45) is 0 Å². The minimum absolute atomic E-state index is 0.0671. The molecule has 0 bridgehead atoms. The normalized spacial score (nSPS) is 17.2. The number of nitrogens with zero attached hydrogens (tertiary/aromatic N) is 2. The number of carbonyl (C=O) groups excluding carboxylic acids is 1. The standard InChI is InChI=1S/C20H23N3O3/c1-14-10-11-18(23(25)26)20(15(14)2)21-19(24)13-22-12-6-9-17(22)16-7-4-3-5-8-16/h3-5,7-8,10-11,17H,6,9,12-13H2,1-2H3,(H,21,24)/t17-/m1/s1. The Bertz CT molecular complexity index is 821. The van der Waals surface area contributed by atoms with Crippen LogP contribution in [-0.2, 0) is 4.79 Å². The molecule has 1 aliphatic heterocycles. The van der Waals surface area contributed by atoms with Crippen molar-refractivity contribution in [2.75, 3.05) is 18.4 Å². The zero-order valence-electron chi connectivity index (χ0n) is 15.1. The summed E-state index contributed by atoms with van der Waals surface area (Å²) in [5, 5.41) is 14.1. The molecule has 3 rings (SSSR count). The van der Waals surface area contributed by atoms with E-state index in [0.717, 1.165) is 30.5 Å². The van der Waals surface area contributed by atoms with Gasteiger partial charge in [-0.2, -0.15) is 0 Å². The van der Waals surface area contributed by atoms with Crippen LogP contribution in [0.4, 0.5) is 11.4 Å². The largest absolute Gasteiger partial charge is 0.319 e. The molecule has 1 aliphatic rings. The second kappa shape index (κ2) is 7.66. The van der Waals surface area contributed by atoms with E-state index in [2.05, 4.69) is 22.3 Å². The van der Waals surface area contributed by atoms with Crippen molar-refractivity contribution in [3.8, 4) is 0 Å². The van der Waals surface area contributed by atoms with Crippen molar-refractivity contribution in [3.05, 3.63) is 69.3 Å². The number of hydrogen-bond donors (Lipinski definition) is 1. The average molecular weight is 353 g/mol. The number of nitrogens with one attached hydrogen (secondary N) is 1. The lowest BCUT2D eigenvalue weighted by molar-refractivity contribution is -0.384. The van der Waals surface area contributed by atoms with E-state index in [4.69, 9.17) is 0 Å². The molecule has 2 aromatic carbocycles. The number of hydrogen-bond acceptors (Lipinski definition) is 4. The summed E-state index contributed by atoms with van der Waals surface area (Å²) in [5.41, 5.74) is 3.08. The second-order valence-corrected chi connectivity index (χ2v) is 6.75. The minimum atomic E-state index is -0.454. The summed E-state index contributed by atoms with van der Waals surface area (Å²) in [5.74, 6) is -0.218. The van der Waals surface area contributed by atoms with Crippen LogP contribution in [0.25, 0.3) is 0 Å². The lowest BCUT2D eigenvalue weighted by Crippen LogP contribution is -2.33. The van der Waals surface area contributed by atoms with Gasteiger partial charge in [0.05, 0.1) is 11.5 Å². The maximum Gasteiger partial charge on any atom is 0.293 e. The van der Waals surface area contributed by atoms with E-state index in [9.17, 15) is 14.9 Å². The number of benzene rings is 2. The summed E-state index contributed by atoms with van der Waals surface area (Å²) in [6, 6.07) is 13.5. The highest BCUT2D eigenvalue weighted by Crippen LogP contribution is 2.33. The van der Waals surface area contributed by atoms with E-state index in [-0.39, 0.29) is 24.2 Å². The Labute approximate surface area is 153 Å². The van der Waals surface area contributed by atoms with E-state index in [1.807, 2.05) is 25.1 Å². The summed E-state index contributed by atoms with van der Waals surface area (Å²) in [7, 11) is 0. The summed E-state index contributed by atoms with van der Waals surface area (Å²) >= 11 is 0. The quantitative estimate of drug-likeness (QED) is 0.651. The number of rotatable bonds is 5. The molecular formula is C20H23N3O3. The van der Waals surface area contributed by atoms with Crippen molar-refractivity contribution in [3.63, 3.8) is 0 Å². The van der Waals surface area contributed by atoms with Gasteiger partial charge in [0.2, 0.25) is 5.91 Å². The zero-order valence-corrected chi connectivity index (χ0v) is 15.1. The van der Waals surface area contributed by atoms with Gasteiger partial charge in [0.25, 0.3) is 5.69 Å². The van der Waals surface area contributed by atoms with Crippen LogP contribution in [0.5, 0.6) is 0 Å². The maximum absolute atomic E-state index is 12.6. The molecule has 1 saturated heterocycles. The molecule has 0 aliphatic carbocycles. The first kappa shape index (κ1) is 18.1. The molecule has 26 heavy (non-hydrogen) atoms. The molecule has 1 fully saturated rings. The van der Waals surface area contributed by atoms with E-state index < -0.39 is 4.92 Å². The number of nitro benzene ring substituents is 1. The van der Waals surface area contributed by atoms with Gasteiger partial charge < -0.3 is 5.32 Å². The summed E-state index contributed by atoms with van der Waals surface area (Å²) in [6.45, 7) is 4.74. The van der Waals surface area contributed by atoms with Gasteiger partial charge in [-0.3, -0.25) is 19.8 Å². The molecule has 2 aromatic rings. The third kappa shape index (κ3) is 3.75.